The monoisotopic (exact) mass is 247 g/mol. The molecule has 1 saturated heterocycles. The first-order chi connectivity index (χ1) is 8.74. The van der Waals surface area contributed by atoms with Crippen LogP contribution < -0.4 is 0 Å². The second-order valence-corrected chi connectivity index (χ2v) is 5.47. The van der Waals surface area contributed by atoms with E-state index in [0.29, 0.717) is 17.9 Å². The number of nitrogens with zero attached hydrogens (tertiary/aromatic N) is 1. The maximum atomic E-state index is 9.55. The van der Waals surface area contributed by atoms with Gasteiger partial charge in [0.25, 0.3) is 0 Å². The molecule has 2 atom stereocenters. The lowest BCUT2D eigenvalue weighted by molar-refractivity contribution is 0.0606. The van der Waals surface area contributed by atoms with E-state index in [0.717, 1.165) is 32.5 Å². The van der Waals surface area contributed by atoms with Gasteiger partial charge in [0.05, 0.1) is 6.10 Å². The maximum Gasteiger partial charge on any atom is 0.115 e. The van der Waals surface area contributed by atoms with Crippen LogP contribution in [-0.4, -0.2) is 35.8 Å². The Balaban J connectivity index is 1.82. The molecule has 0 aromatic heterocycles. The Morgan fingerprint density at radius 3 is 3.17 bits per heavy atom. The first kappa shape index (κ1) is 12.0. The Morgan fingerprint density at radius 1 is 1.39 bits per heavy atom. The van der Waals surface area contributed by atoms with E-state index in [4.69, 9.17) is 4.74 Å². The molecular weight excluding hydrogens is 226 g/mol. The fourth-order valence-corrected chi connectivity index (χ4v) is 3.27. The van der Waals surface area contributed by atoms with Crippen LogP contribution in [0.1, 0.15) is 36.9 Å². The van der Waals surface area contributed by atoms with Crippen molar-refractivity contribution in [2.45, 2.75) is 38.3 Å². The van der Waals surface area contributed by atoms with Gasteiger partial charge in [0, 0.05) is 25.7 Å². The van der Waals surface area contributed by atoms with Crippen molar-refractivity contribution in [2.24, 2.45) is 0 Å². The molecule has 1 aliphatic carbocycles. The zero-order valence-electron chi connectivity index (χ0n) is 10.9. The topological polar surface area (TPSA) is 32.7 Å². The number of hydrogen-bond donors (Lipinski definition) is 1. The Hall–Kier alpha value is -1.06. The smallest absolute Gasteiger partial charge is 0.115 e. The van der Waals surface area contributed by atoms with Gasteiger partial charge in [0.2, 0.25) is 0 Å². The molecule has 98 valence electrons. The summed E-state index contributed by atoms with van der Waals surface area (Å²) in [6.45, 7) is 5.18. The highest BCUT2D eigenvalue weighted by atomic mass is 16.5. The third-order valence-corrected chi connectivity index (χ3v) is 4.10. The van der Waals surface area contributed by atoms with Crippen molar-refractivity contribution in [1.82, 2.24) is 4.90 Å². The molecule has 0 saturated carbocycles. The summed E-state index contributed by atoms with van der Waals surface area (Å²) in [5.74, 6) is 0.391. The van der Waals surface area contributed by atoms with Crippen LogP contribution in [0.5, 0.6) is 5.75 Å². The van der Waals surface area contributed by atoms with E-state index < -0.39 is 0 Å². The van der Waals surface area contributed by atoms with Crippen molar-refractivity contribution in [3.8, 4) is 5.75 Å². The Bertz CT molecular complexity index is 433. The van der Waals surface area contributed by atoms with Gasteiger partial charge < -0.3 is 9.84 Å². The zero-order valence-corrected chi connectivity index (χ0v) is 10.9. The largest absolute Gasteiger partial charge is 0.508 e. The molecule has 3 rings (SSSR count). The summed E-state index contributed by atoms with van der Waals surface area (Å²) >= 11 is 0. The molecule has 1 aromatic rings. The molecule has 0 radical (unpaired) electrons. The van der Waals surface area contributed by atoms with E-state index in [1.165, 1.54) is 17.5 Å². The van der Waals surface area contributed by atoms with Crippen molar-refractivity contribution in [3.63, 3.8) is 0 Å². The molecule has 0 bridgehead atoms. The number of phenols is 1. The van der Waals surface area contributed by atoms with Gasteiger partial charge in [-0.3, -0.25) is 4.90 Å². The first-order valence-corrected chi connectivity index (χ1v) is 6.91. The van der Waals surface area contributed by atoms with E-state index in [2.05, 4.69) is 17.9 Å². The minimum Gasteiger partial charge on any atom is -0.508 e. The molecule has 3 heteroatoms. The van der Waals surface area contributed by atoms with Crippen LogP contribution in [0, 0.1) is 0 Å². The highest BCUT2D eigenvalue weighted by Gasteiger charge is 2.29. The molecule has 0 amide bonds. The van der Waals surface area contributed by atoms with E-state index in [-0.39, 0.29) is 0 Å². The predicted octanol–water partition coefficient (Wildman–Crippen LogP) is 2.49. The van der Waals surface area contributed by atoms with Crippen LogP contribution in [0.4, 0.5) is 0 Å². The van der Waals surface area contributed by atoms with Gasteiger partial charge in [-0.2, -0.15) is 0 Å². The number of rotatable bonds is 1. The fraction of sp³-hybridized carbons (Fsp3) is 0.600. The summed E-state index contributed by atoms with van der Waals surface area (Å²) in [4.78, 5) is 2.56. The van der Waals surface area contributed by atoms with Gasteiger partial charge in [0.15, 0.2) is 0 Å². The summed E-state index contributed by atoms with van der Waals surface area (Å²) in [6, 6.07) is 6.35. The van der Waals surface area contributed by atoms with Gasteiger partial charge in [0.1, 0.15) is 5.75 Å². The number of fused-ring (bicyclic) bond motifs is 1. The molecule has 1 N–H and O–H groups in total. The summed E-state index contributed by atoms with van der Waals surface area (Å²) < 4.78 is 5.72. The molecule has 1 heterocycles. The predicted molar refractivity (Wildman–Crippen MR) is 70.8 cm³/mol. The normalized spacial score (nSPS) is 28.9. The molecule has 1 fully saturated rings. The van der Waals surface area contributed by atoms with Gasteiger partial charge >= 0.3 is 0 Å². The van der Waals surface area contributed by atoms with Crippen LogP contribution >= 0.6 is 0 Å². The highest BCUT2D eigenvalue weighted by Crippen LogP contribution is 2.37. The lowest BCUT2D eigenvalue weighted by Gasteiger charge is -2.29. The van der Waals surface area contributed by atoms with E-state index in [9.17, 15) is 5.11 Å². The number of hydrogen-bond acceptors (Lipinski definition) is 3. The lowest BCUT2D eigenvalue weighted by Crippen LogP contribution is -2.33. The van der Waals surface area contributed by atoms with Crippen molar-refractivity contribution in [3.05, 3.63) is 29.3 Å². The summed E-state index contributed by atoms with van der Waals surface area (Å²) in [6.07, 6.45) is 3.70. The van der Waals surface area contributed by atoms with Crippen LogP contribution in [-0.2, 0) is 11.2 Å². The molecule has 0 spiro atoms. The van der Waals surface area contributed by atoms with Crippen LogP contribution in [0.2, 0.25) is 0 Å². The minimum absolute atomic E-state index is 0.327. The molecular formula is C15H21NO2. The highest BCUT2D eigenvalue weighted by molar-refractivity contribution is 5.40. The molecule has 3 nitrogen and oxygen atoms in total. The standard InChI is InChI=1S/C15H21NO2/c1-11-10-16(7-2-8-18-11)15-6-3-12-9-13(17)4-5-14(12)15/h4-5,9,11,15,17H,2-3,6-8,10H2,1H3. The average molecular weight is 247 g/mol. The van der Waals surface area contributed by atoms with Gasteiger partial charge in [-0.25, -0.2) is 0 Å². The van der Waals surface area contributed by atoms with Gasteiger partial charge in [-0.1, -0.05) is 6.07 Å². The Kier molecular flexibility index (Phi) is 3.27. The van der Waals surface area contributed by atoms with Crippen LogP contribution in [0.25, 0.3) is 0 Å². The first-order valence-electron chi connectivity index (χ1n) is 6.91. The van der Waals surface area contributed by atoms with Crippen molar-refractivity contribution in [1.29, 1.82) is 0 Å². The molecule has 1 aromatic carbocycles. The third kappa shape index (κ3) is 2.25. The summed E-state index contributed by atoms with van der Waals surface area (Å²) in [7, 11) is 0. The van der Waals surface area contributed by atoms with E-state index in [1.807, 2.05) is 12.1 Å². The maximum absolute atomic E-state index is 9.55. The minimum atomic E-state index is 0.327. The summed E-state index contributed by atoms with van der Waals surface area (Å²) in [5, 5.41) is 9.55. The number of phenolic OH excluding ortho intramolecular Hbond substituents is 1. The Labute approximate surface area is 108 Å². The molecule has 2 unspecified atom stereocenters. The van der Waals surface area contributed by atoms with Gasteiger partial charge in [-0.05, 0) is 49.4 Å². The number of benzene rings is 1. The lowest BCUT2D eigenvalue weighted by atomic mass is 10.1. The number of ether oxygens (including phenoxy) is 1. The quantitative estimate of drug-likeness (QED) is 0.827. The molecule has 18 heavy (non-hydrogen) atoms. The van der Waals surface area contributed by atoms with E-state index >= 15 is 0 Å². The van der Waals surface area contributed by atoms with Crippen LogP contribution in [0.3, 0.4) is 0 Å². The van der Waals surface area contributed by atoms with Gasteiger partial charge in [-0.15, -0.1) is 0 Å². The summed E-state index contributed by atoms with van der Waals surface area (Å²) in [5.41, 5.74) is 2.72. The number of aromatic hydroxyl groups is 1. The van der Waals surface area contributed by atoms with Crippen LogP contribution in [0.15, 0.2) is 18.2 Å². The number of aryl methyl sites for hydroxylation is 1. The molecule has 2 aliphatic rings. The van der Waals surface area contributed by atoms with Crippen molar-refractivity contribution < 1.29 is 9.84 Å². The second-order valence-electron chi connectivity index (χ2n) is 5.47. The van der Waals surface area contributed by atoms with Crippen molar-refractivity contribution in [2.75, 3.05) is 19.7 Å². The van der Waals surface area contributed by atoms with E-state index in [1.54, 1.807) is 0 Å². The Morgan fingerprint density at radius 2 is 2.28 bits per heavy atom. The third-order valence-electron chi connectivity index (χ3n) is 4.10. The molecule has 1 aliphatic heterocycles. The zero-order chi connectivity index (χ0) is 12.5. The second kappa shape index (κ2) is 4.90. The average Bonchev–Trinajstić information content (AvgIpc) is 2.63. The SMILES string of the molecule is CC1CN(C2CCc3cc(O)ccc32)CCCO1. The fourth-order valence-electron chi connectivity index (χ4n) is 3.27. The van der Waals surface area contributed by atoms with Crippen molar-refractivity contribution >= 4 is 0 Å².